The molecule has 3 fully saturated rings. The zero-order valence-electron chi connectivity index (χ0n) is 25.4. The minimum absolute atomic E-state index is 0.00330. The molecule has 46 heavy (non-hydrogen) atoms. The number of hydrogen-bond acceptors (Lipinski definition) is 9. The third-order valence-electron chi connectivity index (χ3n) is 9.10. The van der Waals surface area contributed by atoms with Gasteiger partial charge in [0, 0.05) is 29.7 Å². The number of fused-ring (bicyclic) bond motifs is 1. The van der Waals surface area contributed by atoms with Crippen LogP contribution in [0.25, 0.3) is 10.8 Å². The van der Waals surface area contributed by atoms with Gasteiger partial charge in [-0.05, 0) is 85.2 Å². The van der Waals surface area contributed by atoms with E-state index in [1.165, 1.54) is 19.2 Å². The molecular formula is C34H35FN4O6S. The zero-order valence-corrected chi connectivity index (χ0v) is 26.2. The van der Waals surface area contributed by atoms with Crippen LogP contribution in [-0.4, -0.2) is 55.7 Å². The van der Waals surface area contributed by atoms with E-state index in [1.54, 1.807) is 54.4 Å². The van der Waals surface area contributed by atoms with E-state index in [9.17, 15) is 17.6 Å². The molecule has 1 amide bonds. The lowest BCUT2D eigenvalue weighted by Gasteiger charge is -2.41. The van der Waals surface area contributed by atoms with Gasteiger partial charge >= 0.3 is 0 Å². The molecule has 3 aliphatic rings. The summed E-state index contributed by atoms with van der Waals surface area (Å²) in [6.07, 6.45) is 2.40. The molecule has 2 aliphatic heterocycles. The lowest BCUT2D eigenvalue weighted by Crippen LogP contribution is -2.47. The lowest BCUT2D eigenvalue weighted by atomic mass is 9.91. The van der Waals surface area contributed by atoms with E-state index in [0.29, 0.717) is 48.4 Å². The number of carbonyl (C=O) groups is 1. The van der Waals surface area contributed by atoms with Gasteiger partial charge in [0.25, 0.3) is 0 Å². The maximum absolute atomic E-state index is 14.9. The molecule has 3 aromatic carbocycles. The van der Waals surface area contributed by atoms with Gasteiger partial charge in [-0.25, -0.2) is 17.8 Å². The number of nitrogens with one attached hydrogen (secondary N) is 1. The summed E-state index contributed by atoms with van der Waals surface area (Å²) in [7, 11) is -2.23. The van der Waals surface area contributed by atoms with Crippen molar-refractivity contribution >= 4 is 38.0 Å². The number of sulfone groups is 1. The molecule has 7 rings (SSSR count). The summed E-state index contributed by atoms with van der Waals surface area (Å²) in [5, 5.41) is 4.54. The summed E-state index contributed by atoms with van der Waals surface area (Å²) < 4.78 is 59.0. The zero-order chi connectivity index (χ0) is 32.2. The maximum Gasteiger partial charge on any atom is 0.250 e. The van der Waals surface area contributed by atoms with Crippen molar-refractivity contribution in [3.8, 4) is 5.75 Å². The van der Waals surface area contributed by atoms with E-state index < -0.39 is 39.3 Å². The highest BCUT2D eigenvalue weighted by molar-refractivity contribution is 7.92. The molecule has 0 radical (unpaired) electrons. The van der Waals surface area contributed by atoms with Crippen molar-refractivity contribution in [1.29, 1.82) is 0 Å². The van der Waals surface area contributed by atoms with Crippen LogP contribution in [0.15, 0.2) is 77.8 Å². The van der Waals surface area contributed by atoms with Crippen molar-refractivity contribution in [1.82, 2.24) is 9.88 Å². The number of nitrogen functional groups attached to an aromatic ring is 1. The van der Waals surface area contributed by atoms with E-state index in [1.807, 2.05) is 18.2 Å². The van der Waals surface area contributed by atoms with E-state index >= 15 is 0 Å². The van der Waals surface area contributed by atoms with E-state index in [0.717, 1.165) is 10.8 Å². The second-order valence-electron chi connectivity index (χ2n) is 12.0. The number of halogens is 1. The largest absolute Gasteiger partial charge is 0.494 e. The fourth-order valence-electron chi connectivity index (χ4n) is 6.65. The number of nitrogens with zero attached hydrogens (tertiary/aromatic N) is 2. The number of nitrogens with two attached hydrogens (primary N) is 1. The van der Waals surface area contributed by atoms with Gasteiger partial charge in [-0.2, -0.15) is 0 Å². The molecule has 0 unspecified atom stereocenters. The average molecular weight is 647 g/mol. The highest BCUT2D eigenvalue weighted by atomic mass is 32.2. The molecule has 3 N–H and O–H groups in total. The Balaban J connectivity index is 1.31. The Kier molecular flexibility index (Phi) is 7.82. The van der Waals surface area contributed by atoms with Crippen molar-refractivity contribution < 1.29 is 31.8 Å². The fraction of sp³-hybridized carbons (Fsp3) is 0.353. The molecule has 2 saturated heterocycles. The summed E-state index contributed by atoms with van der Waals surface area (Å²) >= 11 is 0. The van der Waals surface area contributed by atoms with Crippen LogP contribution < -0.4 is 15.8 Å². The van der Waals surface area contributed by atoms with Crippen molar-refractivity contribution in [2.75, 3.05) is 24.7 Å². The first-order chi connectivity index (χ1) is 22.2. The number of carbonyl (C=O) groups excluding carboxylic acids is 1. The van der Waals surface area contributed by atoms with E-state index in [2.05, 4.69) is 10.3 Å². The van der Waals surface area contributed by atoms with Crippen LogP contribution in [0, 0.1) is 11.7 Å². The van der Waals surface area contributed by atoms with Gasteiger partial charge in [0.15, 0.2) is 34.0 Å². The van der Waals surface area contributed by atoms with Crippen LogP contribution >= 0.6 is 0 Å². The van der Waals surface area contributed by atoms with E-state index in [-0.39, 0.29) is 28.8 Å². The molecule has 0 spiro atoms. The lowest BCUT2D eigenvalue weighted by molar-refractivity contribution is -0.393. The number of likely N-dealkylation sites (tertiary alicyclic amines) is 1. The average Bonchev–Trinajstić information content (AvgIpc) is 3.82. The van der Waals surface area contributed by atoms with Crippen LogP contribution in [0.2, 0.25) is 0 Å². The van der Waals surface area contributed by atoms with Gasteiger partial charge in [-0.3, -0.25) is 4.79 Å². The summed E-state index contributed by atoms with van der Waals surface area (Å²) in [6.45, 7) is 2.13. The normalized spacial score (nSPS) is 23.6. The summed E-state index contributed by atoms with van der Waals surface area (Å²) in [5.41, 5.74) is 7.71. The SMILES string of the molecule is COc1cc([C@@H](Nc2ccc3c(N)nccc3c2)C(=O)N2CC[C@H](C3OC(C)O3)[C@H]2c2ccccc2S(=O)(=O)C2CC2)ccc1F. The van der Waals surface area contributed by atoms with Gasteiger partial charge in [0.05, 0.1) is 23.3 Å². The third kappa shape index (κ3) is 5.44. The molecule has 240 valence electrons. The first kappa shape index (κ1) is 30.4. The number of ether oxygens (including phenoxy) is 3. The second-order valence-corrected chi connectivity index (χ2v) is 14.2. The van der Waals surface area contributed by atoms with Crippen molar-refractivity contribution in [2.45, 2.75) is 61.0 Å². The number of methoxy groups -OCH3 is 1. The topological polar surface area (TPSA) is 133 Å². The minimum Gasteiger partial charge on any atom is -0.494 e. The van der Waals surface area contributed by atoms with Gasteiger partial charge < -0.3 is 30.2 Å². The van der Waals surface area contributed by atoms with Crippen LogP contribution in [-0.2, 0) is 24.1 Å². The molecule has 12 heteroatoms. The molecule has 3 atom stereocenters. The Morgan fingerprint density at radius 1 is 1.09 bits per heavy atom. The molecule has 1 aromatic heterocycles. The predicted molar refractivity (Wildman–Crippen MR) is 170 cm³/mol. The fourth-order valence-corrected chi connectivity index (χ4v) is 8.55. The van der Waals surface area contributed by atoms with Crippen LogP contribution in [0.5, 0.6) is 5.75 Å². The molecule has 3 heterocycles. The first-order valence-electron chi connectivity index (χ1n) is 15.3. The number of amides is 1. The van der Waals surface area contributed by atoms with Crippen LogP contribution in [0.4, 0.5) is 15.9 Å². The molecule has 4 aromatic rings. The highest BCUT2D eigenvalue weighted by Crippen LogP contribution is 2.48. The summed E-state index contributed by atoms with van der Waals surface area (Å²) in [4.78, 5) is 20.9. The van der Waals surface area contributed by atoms with E-state index in [4.69, 9.17) is 19.9 Å². The quantitative estimate of drug-likeness (QED) is 0.247. The number of aromatic nitrogens is 1. The number of hydrogen-bond donors (Lipinski definition) is 2. The number of anilines is 2. The Bertz CT molecular complexity index is 1910. The molecule has 1 aliphatic carbocycles. The second kappa shape index (κ2) is 11.8. The molecule has 10 nitrogen and oxygen atoms in total. The third-order valence-corrected chi connectivity index (χ3v) is 11.4. The van der Waals surface area contributed by atoms with Crippen molar-refractivity contribution in [3.63, 3.8) is 0 Å². The minimum atomic E-state index is -3.60. The Labute approximate surface area is 266 Å². The first-order valence-corrected chi connectivity index (χ1v) is 16.9. The molecule has 0 bridgehead atoms. The highest BCUT2D eigenvalue weighted by Gasteiger charge is 2.50. The predicted octanol–water partition coefficient (Wildman–Crippen LogP) is 5.36. The van der Waals surface area contributed by atoms with Crippen LogP contribution in [0.3, 0.4) is 0 Å². The Morgan fingerprint density at radius 3 is 2.61 bits per heavy atom. The maximum atomic E-state index is 14.9. The number of pyridine rings is 1. The number of rotatable bonds is 9. The smallest absolute Gasteiger partial charge is 0.250 e. The van der Waals surface area contributed by atoms with Crippen molar-refractivity contribution in [3.05, 3.63) is 89.9 Å². The molecule has 1 saturated carbocycles. The Morgan fingerprint density at radius 2 is 1.87 bits per heavy atom. The van der Waals surface area contributed by atoms with Gasteiger partial charge in [-0.1, -0.05) is 24.3 Å². The Hall–Kier alpha value is -4.26. The van der Waals surface area contributed by atoms with Gasteiger partial charge in [0.1, 0.15) is 11.9 Å². The summed E-state index contributed by atoms with van der Waals surface area (Å²) in [6, 6.07) is 16.9. The molecular weight excluding hydrogens is 611 g/mol. The summed E-state index contributed by atoms with van der Waals surface area (Å²) in [5.74, 6) is -0.800. The number of benzene rings is 3. The standard InChI is InChI=1S/C34H35FN4O6S/c1-19-44-34(45-19)26-14-16-39(31(26)25-5-3-4-6-29(25)46(41,42)23-9-10-23)33(40)30(21-7-12-27(35)28(18-21)43-2)38-22-8-11-24-20(17-22)13-15-37-32(24)36/h3-8,11-13,15,17-19,23,26,30-31,34,38H,9-10,14,16H2,1-2H3,(H2,36,37)/t19?,26-,30+,31+,34?/m0/s1. The monoisotopic (exact) mass is 646 g/mol. The van der Waals surface area contributed by atoms with Gasteiger partial charge in [-0.15, -0.1) is 0 Å². The van der Waals surface area contributed by atoms with Crippen molar-refractivity contribution in [2.24, 2.45) is 5.92 Å². The van der Waals surface area contributed by atoms with Gasteiger partial charge in [0.2, 0.25) is 5.91 Å². The van der Waals surface area contributed by atoms with Crippen LogP contribution in [0.1, 0.15) is 49.4 Å².